The molecule has 0 heterocycles. The van der Waals surface area contributed by atoms with Crippen LogP contribution in [0, 0.1) is 6.92 Å². The molecule has 0 saturated heterocycles. The fourth-order valence-corrected chi connectivity index (χ4v) is 2.67. The highest BCUT2D eigenvalue weighted by atomic mass is 16.5. The van der Waals surface area contributed by atoms with Gasteiger partial charge in [0.05, 0.1) is 5.56 Å². The Morgan fingerprint density at radius 1 is 1.14 bits per heavy atom. The second kappa shape index (κ2) is 7.25. The molecule has 1 aromatic carbocycles. The number of nitrogens with zero attached hydrogens (tertiary/aromatic N) is 1. The number of rotatable bonds is 4. The molecule has 0 radical (unpaired) electrons. The Hall–Kier alpha value is -1.84. The highest BCUT2D eigenvalue weighted by Gasteiger charge is 2.22. The van der Waals surface area contributed by atoms with Gasteiger partial charge in [-0.25, -0.2) is 4.79 Å². The summed E-state index contributed by atoms with van der Waals surface area (Å²) in [5, 5.41) is 0. The van der Waals surface area contributed by atoms with Crippen LogP contribution in [0.25, 0.3) is 0 Å². The lowest BCUT2D eigenvalue weighted by Gasteiger charge is -2.31. The van der Waals surface area contributed by atoms with E-state index in [0.717, 1.165) is 18.4 Å². The molecular formula is C17H23NO3. The molecule has 0 N–H and O–H groups in total. The van der Waals surface area contributed by atoms with E-state index in [2.05, 4.69) is 0 Å². The van der Waals surface area contributed by atoms with Crippen LogP contribution in [0.1, 0.15) is 48.0 Å². The molecule has 4 nitrogen and oxygen atoms in total. The van der Waals surface area contributed by atoms with Gasteiger partial charge < -0.3 is 9.64 Å². The Kier molecular flexibility index (Phi) is 5.37. The third-order valence-corrected chi connectivity index (χ3v) is 4.13. The van der Waals surface area contributed by atoms with Crippen LogP contribution in [-0.2, 0) is 9.53 Å². The number of aryl methyl sites for hydroxylation is 1. The van der Waals surface area contributed by atoms with Gasteiger partial charge in [0.2, 0.25) is 0 Å². The van der Waals surface area contributed by atoms with Crippen molar-refractivity contribution in [3.63, 3.8) is 0 Å². The van der Waals surface area contributed by atoms with Gasteiger partial charge in [-0.05, 0) is 31.9 Å². The average molecular weight is 289 g/mol. The molecule has 2 rings (SSSR count). The van der Waals surface area contributed by atoms with Gasteiger partial charge >= 0.3 is 5.97 Å². The van der Waals surface area contributed by atoms with Crippen molar-refractivity contribution < 1.29 is 14.3 Å². The maximum Gasteiger partial charge on any atom is 0.338 e. The molecule has 1 aliphatic rings. The molecule has 21 heavy (non-hydrogen) atoms. The van der Waals surface area contributed by atoms with Crippen LogP contribution in [0.15, 0.2) is 24.3 Å². The summed E-state index contributed by atoms with van der Waals surface area (Å²) in [7, 11) is 1.80. The Balaban J connectivity index is 1.82. The van der Waals surface area contributed by atoms with Gasteiger partial charge in [0.15, 0.2) is 6.61 Å². The fraction of sp³-hybridized carbons (Fsp3) is 0.529. The lowest BCUT2D eigenvalue weighted by molar-refractivity contribution is -0.135. The van der Waals surface area contributed by atoms with E-state index in [1.165, 1.54) is 19.3 Å². The standard InChI is InChI=1S/C17H23NO3/c1-13-8-10-14(11-9-13)17(20)21-12-16(19)18(2)15-6-4-3-5-7-15/h8-11,15H,3-7,12H2,1-2H3. The van der Waals surface area contributed by atoms with Crippen molar-refractivity contribution in [2.24, 2.45) is 0 Å². The van der Waals surface area contributed by atoms with Gasteiger partial charge in [-0.3, -0.25) is 4.79 Å². The summed E-state index contributed by atoms with van der Waals surface area (Å²) >= 11 is 0. The van der Waals surface area contributed by atoms with E-state index in [-0.39, 0.29) is 12.5 Å². The zero-order valence-electron chi connectivity index (χ0n) is 12.8. The highest BCUT2D eigenvalue weighted by molar-refractivity contribution is 5.91. The Bertz CT molecular complexity index is 489. The summed E-state index contributed by atoms with van der Waals surface area (Å²) in [6.45, 7) is 1.78. The third kappa shape index (κ3) is 4.31. The van der Waals surface area contributed by atoms with Crippen LogP contribution in [-0.4, -0.2) is 36.5 Å². The minimum Gasteiger partial charge on any atom is -0.452 e. The minimum absolute atomic E-state index is 0.123. The first-order valence-electron chi connectivity index (χ1n) is 7.57. The van der Waals surface area contributed by atoms with E-state index in [9.17, 15) is 9.59 Å². The molecule has 1 fully saturated rings. The maximum absolute atomic E-state index is 12.1. The molecule has 0 bridgehead atoms. The maximum atomic E-state index is 12.1. The first-order chi connectivity index (χ1) is 10.1. The van der Waals surface area contributed by atoms with Gasteiger partial charge in [-0.2, -0.15) is 0 Å². The second-order valence-electron chi connectivity index (χ2n) is 5.74. The van der Waals surface area contributed by atoms with Gasteiger partial charge in [-0.1, -0.05) is 37.0 Å². The number of hydrogen-bond donors (Lipinski definition) is 0. The smallest absolute Gasteiger partial charge is 0.338 e. The molecule has 1 amide bonds. The number of esters is 1. The molecule has 1 aromatic rings. The van der Waals surface area contributed by atoms with E-state index in [1.807, 2.05) is 19.1 Å². The lowest BCUT2D eigenvalue weighted by Crippen LogP contribution is -2.40. The second-order valence-corrected chi connectivity index (χ2v) is 5.74. The molecule has 0 unspecified atom stereocenters. The van der Waals surface area contributed by atoms with E-state index in [4.69, 9.17) is 4.74 Å². The van der Waals surface area contributed by atoms with Gasteiger partial charge in [-0.15, -0.1) is 0 Å². The van der Waals surface area contributed by atoms with Gasteiger partial charge in [0.25, 0.3) is 5.91 Å². The SMILES string of the molecule is Cc1ccc(C(=O)OCC(=O)N(C)C2CCCCC2)cc1. The Morgan fingerprint density at radius 2 is 1.76 bits per heavy atom. The monoisotopic (exact) mass is 289 g/mol. The number of hydrogen-bond acceptors (Lipinski definition) is 3. The van der Waals surface area contributed by atoms with Crippen molar-refractivity contribution in [3.8, 4) is 0 Å². The van der Waals surface area contributed by atoms with Crippen molar-refractivity contribution >= 4 is 11.9 Å². The summed E-state index contributed by atoms with van der Waals surface area (Å²) in [6.07, 6.45) is 5.69. The predicted molar refractivity (Wildman–Crippen MR) is 81.1 cm³/mol. The van der Waals surface area contributed by atoms with E-state index >= 15 is 0 Å². The van der Waals surface area contributed by atoms with Crippen LogP contribution in [0.5, 0.6) is 0 Å². The van der Waals surface area contributed by atoms with Crippen molar-refractivity contribution in [2.45, 2.75) is 45.1 Å². The largest absolute Gasteiger partial charge is 0.452 e. The molecule has 4 heteroatoms. The van der Waals surface area contributed by atoms with Crippen LogP contribution in [0.2, 0.25) is 0 Å². The van der Waals surface area contributed by atoms with Gasteiger partial charge in [0.1, 0.15) is 0 Å². The van der Waals surface area contributed by atoms with Crippen LogP contribution in [0.3, 0.4) is 0 Å². The Labute approximate surface area is 126 Å². The summed E-state index contributed by atoms with van der Waals surface area (Å²) in [5.41, 5.74) is 1.56. The normalized spacial score (nSPS) is 15.5. The van der Waals surface area contributed by atoms with Crippen molar-refractivity contribution in [1.29, 1.82) is 0 Å². The minimum atomic E-state index is -0.444. The quantitative estimate of drug-likeness (QED) is 0.801. The van der Waals surface area contributed by atoms with E-state index in [0.29, 0.717) is 11.6 Å². The summed E-state index contributed by atoms with van der Waals surface area (Å²) in [4.78, 5) is 25.7. The first-order valence-corrected chi connectivity index (χ1v) is 7.57. The zero-order chi connectivity index (χ0) is 15.2. The molecule has 0 spiro atoms. The van der Waals surface area contributed by atoms with Crippen LogP contribution in [0.4, 0.5) is 0 Å². The number of amides is 1. The third-order valence-electron chi connectivity index (χ3n) is 4.13. The van der Waals surface area contributed by atoms with Crippen LogP contribution < -0.4 is 0 Å². The molecule has 0 atom stereocenters. The number of ether oxygens (including phenoxy) is 1. The number of benzene rings is 1. The molecule has 0 aliphatic heterocycles. The summed E-state index contributed by atoms with van der Waals surface area (Å²) in [5.74, 6) is -0.567. The van der Waals surface area contributed by atoms with E-state index < -0.39 is 5.97 Å². The molecular weight excluding hydrogens is 266 g/mol. The van der Waals surface area contributed by atoms with Crippen molar-refractivity contribution in [3.05, 3.63) is 35.4 Å². The molecule has 0 aromatic heterocycles. The summed E-state index contributed by atoms with van der Waals surface area (Å²) < 4.78 is 5.11. The lowest BCUT2D eigenvalue weighted by atomic mass is 9.94. The zero-order valence-corrected chi connectivity index (χ0v) is 12.8. The number of likely N-dealkylation sites (N-methyl/N-ethyl adjacent to an activating group) is 1. The molecule has 1 saturated carbocycles. The fourth-order valence-electron chi connectivity index (χ4n) is 2.67. The average Bonchev–Trinajstić information content (AvgIpc) is 2.53. The first kappa shape index (κ1) is 15.5. The number of carbonyl (C=O) groups excluding carboxylic acids is 2. The topological polar surface area (TPSA) is 46.6 Å². The van der Waals surface area contributed by atoms with Crippen molar-refractivity contribution in [2.75, 3.05) is 13.7 Å². The number of carbonyl (C=O) groups is 2. The summed E-state index contributed by atoms with van der Waals surface area (Å²) in [6, 6.07) is 7.43. The molecule has 1 aliphatic carbocycles. The molecule has 114 valence electrons. The van der Waals surface area contributed by atoms with Crippen molar-refractivity contribution in [1.82, 2.24) is 4.90 Å². The highest BCUT2D eigenvalue weighted by Crippen LogP contribution is 2.21. The predicted octanol–water partition coefficient (Wildman–Crippen LogP) is 2.94. The van der Waals surface area contributed by atoms with Crippen LogP contribution >= 0.6 is 0 Å². The Morgan fingerprint density at radius 3 is 2.38 bits per heavy atom. The van der Waals surface area contributed by atoms with Gasteiger partial charge in [0, 0.05) is 13.1 Å². The van der Waals surface area contributed by atoms with E-state index in [1.54, 1.807) is 24.1 Å².